The Morgan fingerprint density at radius 2 is 0.733 bits per heavy atom. The quantitative estimate of drug-likeness (QED) is 0.112. The van der Waals surface area contributed by atoms with E-state index in [9.17, 15) is 28.8 Å². The van der Waals surface area contributed by atoms with Crippen molar-refractivity contribution < 1.29 is 57.2 Å². The average Bonchev–Trinajstić information content (AvgIpc) is 3.07. The first-order chi connectivity index (χ1) is 21.2. The fourth-order valence-electron chi connectivity index (χ4n) is 2.14. The number of carbonyl (C=O) groups excluding carboxylic acids is 6. The first-order valence-electron chi connectivity index (χ1n) is 12.1. The molecular formula is C24H36Cl6O12S3. The maximum atomic E-state index is 11.2. The van der Waals surface area contributed by atoms with Gasteiger partial charge in [0.1, 0.15) is 31.9 Å². The van der Waals surface area contributed by atoms with Crippen LogP contribution in [0.15, 0.2) is 0 Å². The van der Waals surface area contributed by atoms with E-state index in [1.54, 1.807) is 0 Å². The number of hydrogen-bond acceptors (Lipinski definition) is 15. The van der Waals surface area contributed by atoms with Crippen molar-refractivity contribution in [2.75, 3.05) is 77.6 Å². The minimum absolute atomic E-state index is 0.0573. The molecule has 0 aromatic rings. The lowest BCUT2D eigenvalue weighted by Crippen LogP contribution is -2.29. The van der Waals surface area contributed by atoms with Gasteiger partial charge in [-0.05, 0) is 0 Å². The van der Waals surface area contributed by atoms with E-state index in [1.165, 1.54) is 66.2 Å². The molecule has 0 bridgehead atoms. The van der Waals surface area contributed by atoms with Crippen LogP contribution in [-0.2, 0) is 57.2 Å². The summed E-state index contributed by atoms with van der Waals surface area (Å²) in [4.78, 5) is 66.2. The Kier molecular flexibility index (Phi) is 33.7. The van der Waals surface area contributed by atoms with E-state index in [0.717, 1.165) is 11.8 Å². The summed E-state index contributed by atoms with van der Waals surface area (Å²) in [5, 5.41) is -3.96. The molecule has 0 spiro atoms. The van der Waals surface area contributed by atoms with E-state index >= 15 is 0 Å². The van der Waals surface area contributed by atoms with Crippen LogP contribution >= 0.6 is 105 Å². The SMILES string of the molecule is COC(=O)C(CCl)SC(CCl)C(=O)OC.COC(=O)C(Cl)CSC(CCl)C(=O)OC.COC(=O)C(Cl)CSCC(Cl)C(=O)OC. The van der Waals surface area contributed by atoms with Crippen molar-refractivity contribution in [2.24, 2.45) is 0 Å². The van der Waals surface area contributed by atoms with E-state index in [2.05, 4.69) is 28.4 Å². The van der Waals surface area contributed by atoms with Crippen molar-refractivity contribution in [1.29, 1.82) is 0 Å². The van der Waals surface area contributed by atoms with Crippen LogP contribution in [0.2, 0.25) is 0 Å². The lowest BCUT2D eigenvalue weighted by Gasteiger charge is -2.16. The molecule has 21 heteroatoms. The van der Waals surface area contributed by atoms with Gasteiger partial charge in [-0.15, -0.1) is 93.1 Å². The Hall–Kier alpha value is -0.390. The number of esters is 6. The molecule has 0 radical (unpaired) electrons. The molecule has 264 valence electrons. The minimum atomic E-state index is -0.782. The molecule has 0 aromatic heterocycles. The highest BCUT2D eigenvalue weighted by atomic mass is 35.5. The molecule has 0 saturated carbocycles. The smallest absolute Gasteiger partial charge is 0.324 e. The molecule has 0 heterocycles. The molecule has 0 aromatic carbocycles. The van der Waals surface area contributed by atoms with Crippen LogP contribution < -0.4 is 0 Å². The van der Waals surface area contributed by atoms with E-state index in [4.69, 9.17) is 69.6 Å². The Bertz CT molecular complexity index is 849. The summed E-state index contributed by atoms with van der Waals surface area (Å²) in [6.45, 7) is 0. The van der Waals surface area contributed by atoms with Gasteiger partial charge in [-0.25, -0.2) is 0 Å². The van der Waals surface area contributed by atoms with Crippen molar-refractivity contribution >= 4 is 141 Å². The van der Waals surface area contributed by atoms with Gasteiger partial charge in [0.05, 0.1) is 42.7 Å². The molecule has 0 aliphatic heterocycles. The van der Waals surface area contributed by atoms with Crippen LogP contribution in [0.1, 0.15) is 0 Å². The zero-order valence-electron chi connectivity index (χ0n) is 25.1. The summed E-state index contributed by atoms with van der Waals surface area (Å²) >= 11 is 37.2. The molecule has 0 N–H and O–H groups in total. The number of ether oxygens (including phenoxy) is 6. The largest absolute Gasteiger partial charge is 0.468 e. The number of rotatable bonds is 18. The molecule has 0 rings (SSSR count). The zero-order valence-corrected chi connectivity index (χ0v) is 32.1. The fourth-order valence-corrected chi connectivity index (χ4v) is 6.88. The standard InChI is InChI=1S/3C8H12Cl2O4S/c1-13-7(11)5(10)4-15-6(3-9)8(12)14-2;1-13-7(11)5(9)3-15-4-6(10)8(12)14-2;1-13-7(11)5(3-9)15-6(4-10)8(12)14-2/h3*5-6H,3-4H2,1-2H3. The van der Waals surface area contributed by atoms with E-state index < -0.39 is 67.7 Å². The summed E-state index contributed by atoms with van der Waals surface area (Å²) in [6.07, 6.45) is 0. The lowest BCUT2D eigenvalue weighted by molar-refractivity contribution is -0.141. The van der Waals surface area contributed by atoms with Crippen LogP contribution in [0.4, 0.5) is 0 Å². The molecule has 0 fully saturated rings. The lowest BCUT2D eigenvalue weighted by atomic mass is 10.5. The van der Waals surface area contributed by atoms with Crippen LogP contribution in [-0.4, -0.2) is 145 Å². The second-order valence-electron chi connectivity index (χ2n) is 7.48. The summed E-state index contributed by atoms with van der Waals surface area (Å²) in [6, 6.07) is 0. The molecule has 0 saturated heterocycles. The third-order valence-electron chi connectivity index (χ3n) is 4.48. The molecule has 0 aliphatic rings. The van der Waals surface area contributed by atoms with Crippen LogP contribution in [0.5, 0.6) is 0 Å². The number of alkyl halides is 6. The van der Waals surface area contributed by atoms with Crippen molar-refractivity contribution in [3.8, 4) is 0 Å². The second kappa shape index (κ2) is 30.9. The highest BCUT2D eigenvalue weighted by Gasteiger charge is 2.28. The van der Waals surface area contributed by atoms with Gasteiger partial charge in [-0.3, -0.25) is 28.8 Å². The second-order valence-corrected chi connectivity index (χ2v) is 13.7. The molecule has 0 amide bonds. The van der Waals surface area contributed by atoms with Crippen LogP contribution in [0.3, 0.4) is 0 Å². The maximum Gasteiger partial charge on any atom is 0.324 e. The first kappa shape index (κ1) is 49.0. The van der Waals surface area contributed by atoms with Gasteiger partial charge < -0.3 is 28.4 Å². The Morgan fingerprint density at radius 3 is 1.00 bits per heavy atom. The first-order valence-corrected chi connectivity index (χ1v) is 18.2. The normalized spacial score (nSPS) is 14.1. The monoisotopic (exact) mass is 822 g/mol. The maximum absolute atomic E-state index is 11.2. The van der Waals surface area contributed by atoms with Gasteiger partial charge in [0.15, 0.2) is 0 Å². The Morgan fingerprint density at radius 1 is 0.467 bits per heavy atom. The van der Waals surface area contributed by atoms with Gasteiger partial charge in [-0.1, -0.05) is 0 Å². The fraction of sp³-hybridized carbons (Fsp3) is 0.750. The Balaban J connectivity index is -0.000000588. The van der Waals surface area contributed by atoms with E-state index in [1.807, 2.05) is 0 Å². The number of methoxy groups -OCH3 is 6. The predicted octanol–water partition coefficient (Wildman–Crippen LogP) is 3.84. The summed E-state index contributed by atoms with van der Waals surface area (Å²) in [7, 11) is 7.58. The highest BCUT2D eigenvalue weighted by molar-refractivity contribution is 8.02. The summed E-state index contributed by atoms with van der Waals surface area (Å²) in [5.74, 6) is -1.73. The summed E-state index contributed by atoms with van der Waals surface area (Å²) in [5.41, 5.74) is 0. The highest BCUT2D eigenvalue weighted by Crippen LogP contribution is 2.23. The average molecular weight is 825 g/mol. The van der Waals surface area contributed by atoms with Crippen molar-refractivity contribution in [1.82, 2.24) is 0 Å². The molecule has 45 heavy (non-hydrogen) atoms. The predicted molar refractivity (Wildman–Crippen MR) is 182 cm³/mol. The Labute approximate surface area is 305 Å². The van der Waals surface area contributed by atoms with Crippen molar-refractivity contribution in [2.45, 2.75) is 31.9 Å². The third-order valence-corrected chi connectivity index (χ3v) is 11.3. The number of carbonyl (C=O) groups is 6. The van der Waals surface area contributed by atoms with Gasteiger partial charge in [0.25, 0.3) is 0 Å². The van der Waals surface area contributed by atoms with Gasteiger partial charge in [-0.2, -0.15) is 11.8 Å². The van der Waals surface area contributed by atoms with Crippen molar-refractivity contribution in [3.05, 3.63) is 0 Å². The van der Waals surface area contributed by atoms with E-state index in [-0.39, 0.29) is 23.4 Å². The molecule has 6 atom stereocenters. The number of halogens is 6. The molecule has 6 unspecified atom stereocenters. The van der Waals surface area contributed by atoms with E-state index in [0.29, 0.717) is 11.5 Å². The van der Waals surface area contributed by atoms with Crippen LogP contribution in [0, 0.1) is 0 Å². The molecule has 12 nitrogen and oxygen atoms in total. The van der Waals surface area contributed by atoms with Crippen molar-refractivity contribution in [3.63, 3.8) is 0 Å². The minimum Gasteiger partial charge on any atom is -0.468 e. The molecule has 0 aliphatic carbocycles. The number of hydrogen-bond donors (Lipinski definition) is 0. The summed E-state index contributed by atoms with van der Waals surface area (Å²) < 4.78 is 26.9. The van der Waals surface area contributed by atoms with Gasteiger partial charge >= 0.3 is 35.8 Å². The topological polar surface area (TPSA) is 158 Å². The molecular weight excluding hydrogens is 789 g/mol. The third kappa shape index (κ3) is 23.6. The van der Waals surface area contributed by atoms with Crippen LogP contribution in [0.25, 0.3) is 0 Å². The zero-order chi connectivity index (χ0) is 35.5. The van der Waals surface area contributed by atoms with Gasteiger partial charge in [0.2, 0.25) is 0 Å². The van der Waals surface area contributed by atoms with Gasteiger partial charge in [0, 0.05) is 34.9 Å². The number of thioether (sulfide) groups is 3.